The van der Waals surface area contributed by atoms with E-state index in [4.69, 9.17) is 9.84 Å². The molecule has 2 fully saturated rings. The number of ether oxygens (including phenoxy) is 1. The number of hydrogen-bond donors (Lipinski definition) is 1. The molecule has 0 radical (unpaired) electrons. The van der Waals surface area contributed by atoms with E-state index >= 15 is 0 Å². The molecule has 8 nitrogen and oxygen atoms in total. The minimum atomic E-state index is -0.878. The zero-order valence-corrected chi connectivity index (χ0v) is 13.7. The Morgan fingerprint density at radius 1 is 1.16 bits per heavy atom. The first-order valence-electron chi connectivity index (χ1n) is 8.58. The lowest BCUT2D eigenvalue weighted by Gasteiger charge is -2.34. The summed E-state index contributed by atoms with van der Waals surface area (Å²) in [6.45, 7) is 1.30. The van der Waals surface area contributed by atoms with Crippen LogP contribution in [-0.2, 0) is 9.53 Å². The highest BCUT2D eigenvalue weighted by Gasteiger charge is 2.37. The highest BCUT2D eigenvalue weighted by molar-refractivity contribution is 6.00. The number of carboxylic acids is 1. The van der Waals surface area contributed by atoms with Gasteiger partial charge >= 0.3 is 5.97 Å². The lowest BCUT2D eigenvalue weighted by molar-refractivity contribution is -0.150. The summed E-state index contributed by atoms with van der Waals surface area (Å²) in [5, 5.41) is 13.2. The average Bonchev–Trinajstić information content (AvgIpc) is 3.29. The molecule has 2 atom stereocenters. The fraction of sp³-hybridized carbons (Fsp3) is 0.529. The van der Waals surface area contributed by atoms with Crippen LogP contribution in [0.25, 0.3) is 5.52 Å². The average molecular weight is 344 g/mol. The van der Waals surface area contributed by atoms with E-state index in [2.05, 4.69) is 10.1 Å². The fourth-order valence-corrected chi connectivity index (χ4v) is 3.84. The van der Waals surface area contributed by atoms with Crippen LogP contribution in [0.5, 0.6) is 0 Å². The fourth-order valence-electron chi connectivity index (χ4n) is 3.84. The zero-order valence-electron chi connectivity index (χ0n) is 13.7. The third-order valence-corrected chi connectivity index (χ3v) is 5.24. The second-order valence-electron chi connectivity index (χ2n) is 6.67. The number of aromatic nitrogens is 3. The van der Waals surface area contributed by atoms with Crippen molar-refractivity contribution in [3.8, 4) is 0 Å². The van der Waals surface area contributed by atoms with Crippen molar-refractivity contribution >= 4 is 17.4 Å². The largest absolute Gasteiger partial charge is 0.479 e. The Morgan fingerprint density at radius 2 is 1.96 bits per heavy atom. The molecule has 2 saturated heterocycles. The molecule has 25 heavy (non-hydrogen) atoms. The molecule has 4 heterocycles. The summed E-state index contributed by atoms with van der Waals surface area (Å²) >= 11 is 0. The van der Waals surface area contributed by atoms with Crippen molar-refractivity contribution < 1.29 is 19.4 Å². The van der Waals surface area contributed by atoms with E-state index in [1.807, 2.05) is 4.90 Å². The van der Waals surface area contributed by atoms with E-state index in [1.165, 1.54) is 0 Å². The van der Waals surface area contributed by atoms with Crippen molar-refractivity contribution in [3.63, 3.8) is 0 Å². The monoisotopic (exact) mass is 344 g/mol. The Bertz CT molecular complexity index is 797. The Labute approximate surface area is 144 Å². The Balaban J connectivity index is 1.39. The highest BCUT2D eigenvalue weighted by Crippen LogP contribution is 2.32. The molecule has 132 valence electrons. The summed E-state index contributed by atoms with van der Waals surface area (Å²) in [5.74, 6) is -0.590. The number of carbonyl (C=O) groups is 2. The van der Waals surface area contributed by atoms with Gasteiger partial charge in [0.25, 0.3) is 5.91 Å². The molecule has 2 aliphatic rings. The number of fused-ring (bicyclic) bond motifs is 1. The number of likely N-dealkylation sites (tertiary alicyclic amines) is 1. The molecule has 1 N–H and O–H groups in total. The van der Waals surface area contributed by atoms with Gasteiger partial charge in [-0.1, -0.05) is 0 Å². The van der Waals surface area contributed by atoms with Crippen LogP contribution in [0.3, 0.4) is 0 Å². The molecule has 1 amide bonds. The Morgan fingerprint density at radius 3 is 2.68 bits per heavy atom. The van der Waals surface area contributed by atoms with Gasteiger partial charge in [0.15, 0.2) is 6.10 Å². The van der Waals surface area contributed by atoms with Crippen molar-refractivity contribution in [3.05, 3.63) is 30.4 Å². The number of nitrogens with zero attached hydrogens (tertiary/aromatic N) is 4. The molecular weight excluding hydrogens is 324 g/mol. The number of carbonyl (C=O) groups excluding carboxylic acids is 1. The van der Waals surface area contributed by atoms with Gasteiger partial charge in [-0.05, 0) is 31.6 Å². The number of rotatable bonds is 3. The predicted octanol–water partition coefficient (Wildman–Crippen LogP) is 1.21. The van der Waals surface area contributed by atoms with Gasteiger partial charge in [-0.25, -0.2) is 9.31 Å². The summed E-state index contributed by atoms with van der Waals surface area (Å²) in [6, 6.07) is 0. The maximum absolute atomic E-state index is 12.8. The number of carboxylic acid groups (broad SMARTS) is 1. The van der Waals surface area contributed by atoms with Gasteiger partial charge in [0.1, 0.15) is 0 Å². The van der Waals surface area contributed by atoms with Crippen molar-refractivity contribution in [1.29, 1.82) is 0 Å². The van der Waals surface area contributed by atoms with Gasteiger partial charge in [-0.3, -0.25) is 9.78 Å². The number of piperidine rings is 1. The van der Waals surface area contributed by atoms with Crippen molar-refractivity contribution in [1.82, 2.24) is 19.5 Å². The summed E-state index contributed by atoms with van der Waals surface area (Å²) in [5.41, 5.74) is 1.27. The maximum Gasteiger partial charge on any atom is 0.332 e. The maximum atomic E-state index is 12.8. The van der Waals surface area contributed by atoms with E-state index in [-0.39, 0.29) is 12.0 Å². The first-order valence-corrected chi connectivity index (χ1v) is 8.58. The van der Waals surface area contributed by atoms with Gasteiger partial charge in [0.2, 0.25) is 0 Å². The second kappa shape index (κ2) is 6.44. The standard InChI is InChI=1S/C17H20N4O4/c22-16(12-9-19-21-8-5-18-10-13(12)21)20-6-3-11(4-7-20)14-1-2-15(25-14)17(23)24/h5,8-11,14-15H,1-4,6-7H2,(H,23,24)/t14-,15+/m0/s1. The molecule has 8 heteroatoms. The number of aliphatic carboxylic acids is 1. The SMILES string of the molecule is O=C(O)[C@H]1CC[C@@H](C2CCN(C(=O)c3cnn4ccncc34)CC2)O1. The zero-order chi connectivity index (χ0) is 17.4. The molecule has 4 rings (SSSR count). The van der Waals surface area contributed by atoms with Gasteiger partial charge in [0, 0.05) is 25.5 Å². The van der Waals surface area contributed by atoms with Crippen molar-refractivity contribution in [2.45, 2.75) is 37.9 Å². The Kier molecular flexibility index (Phi) is 4.12. The highest BCUT2D eigenvalue weighted by atomic mass is 16.5. The van der Waals surface area contributed by atoms with Crippen LogP contribution in [0.2, 0.25) is 0 Å². The van der Waals surface area contributed by atoms with Crippen molar-refractivity contribution in [2.75, 3.05) is 13.1 Å². The molecule has 0 saturated carbocycles. The van der Waals surface area contributed by atoms with E-state index in [1.54, 1.807) is 29.3 Å². The first kappa shape index (κ1) is 16.0. The van der Waals surface area contributed by atoms with Gasteiger partial charge in [-0.2, -0.15) is 5.10 Å². The van der Waals surface area contributed by atoms with E-state index < -0.39 is 12.1 Å². The molecule has 2 aromatic rings. The van der Waals surface area contributed by atoms with Crippen molar-refractivity contribution in [2.24, 2.45) is 5.92 Å². The van der Waals surface area contributed by atoms with E-state index in [9.17, 15) is 9.59 Å². The van der Waals surface area contributed by atoms with Crippen LogP contribution < -0.4 is 0 Å². The molecule has 0 bridgehead atoms. The number of amides is 1. The minimum absolute atomic E-state index is 0.000435. The summed E-state index contributed by atoms with van der Waals surface area (Å²) in [4.78, 5) is 29.7. The molecule has 2 aromatic heterocycles. The first-order chi connectivity index (χ1) is 12.1. The molecule has 0 aliphatic carbocycles. The van der Waals surface area contributed by atoms with Gasteiger partial charge in [0.05, 0.1) is 29.6 Å². The van der Waals surface area contributed by atoms with E-state index in [0.717, 1.165) is 19.3 Å². The van der Waals surface area contributed by atoms with Crippen LogP contribution in [0.4, 0.5) is 0 Å². The molecule has 2 aliphatic heterocycles. The Hall–Kier alpha value is -2.48. The normalized spacial score (nSPS) is 24.7. The van der Waals surface area contributed by atoms with Crippen LogP contribution in [0.15, 0.2) is 24.8 Å². The topological polar surface area (TPSA) is 97.0 Å². The van der Waals surface area contributed by atoms with Crippen LogP contribution in [0, 0.1) is 5.92 Å². The van der Waals surface area contributed by atoms with Gasteiger partial charge < -0.3 is 14.7 Å². The minimum Gasteiger partial charge on any atom is -0.479 e. The van der Waals surface area contributed by atoms with Gasteiger partial charge in [-0.15, -0.1) is 0 Å². The lowest BCUT2D eigenvalue weighted by atomic mass is 9.89. The summed E-state index contributed by atoms with van der Waals surface area (Å²) in [6.07, 6.45) is 8.94. The second-order valence-corrected chi connectivity index (χ2v) is 6.67. The molecule has 0 unspecified atom stereocenters. The third kappa shape index (κ3) is 2.97. The molecule has 0 aromatic carbocycles. The molecule has 0 spiro atoms. The smallest absolute Gasteiger partial charge is 0.332 e. The van der Waals surface area contributed by atoms with Crippen LogP contribution in [0.1, 0.15) is 36.0 Å². The van der Waals surface area contributed by atoms with Crippen LogP contribution >= 0.6 is 0 Å². The lowest BCUT2D eigenvalue weighted by Crippen LogP contribution is -2.41. The van der Waals surface area contributed by atoms with Crippen LogP contribution in [-0.4, -0.2) is 61.8 Å². The summed E-state index contributed by atoms with van der Waals surface area (Å²) < 4.78 is 7.31. The molecular formula is C17H20N4O4. The third-order valence-electron chi connectivity index (χ3n) is 5.24. The number of hydrogen-bond acceptors (Lipinski definition) is 5. The summed E-state index contributed by atoms with van der Waals surface area (Å²) in [7, 11) is 0. The quantitative estimate of drug-likeness (QED) is 0.899. The predicted molar refractivity (Wildman–Crippen MR) is 87.1 cm³/mol. The van der Waals surface area contributed by atoms with E-state index in [0.29, 0.717) is 36.5 Å².